The highest BCUT2D eigenvalue weighted by Crippen LogP contribution is 2.17. The highest BCUT2D eigenvalue weighted by molar-refractivity contribution is 5.81. The largest absolute Gasteiger partial charge is 0.471 e. The van der Waals surface area contributed by atoms with Crippen LogP contribution in [0.2, 0.25) is 0 Å². The van der Waals surface area contributed by atoms with E-state index in [4.69, 9.17) is 0 Å². The third-order valence-electron chi connectivity index (χ3n) is 3.01. The normalized spacial score (nSPS) is 19.3. The zero-order valence-corrected chi connectivity index (χ0v) is 10.0. The fraction of sp³-hybridized carbons (Fsp3) is 0.909. The first-order valence-electron chi connectivity index (χ1n) is 6.03. The molecule has 1 N–H and O–H groups in total. The second-order valence-corrected chi connectivity index (χ2v) is 4.44. The first-order valence-corrected chi connectivity index (χ1v) is 6.03. The van der Waals surface area contributed by atoms with Gasteiger partial charge in [0.1, 0.15) is 0 Å². The number of piperidine rings is 1. The number of alkyl halides is 3. The van der Waals surface area contributed by atoms with Crippen LogP contribution in [0.15, 0.2) is 0 Å². The molecular formula is C11H19F3N2O. The highest BCUT2D eigenvalue weighted by Gasteiger charge is 2.39. The molecule has 1 heterocycles. The summed E-state index contributed by atoms with van der Waals surface area (Å²) in [6.45, 7) is 4.64. The van der Waals surface area contributed by atoms with Crippen molar-refractivity contribution in [3.05, 3.63) is 0 Å². The van der Waals surface area contributed by atoms with E-state index >= 15 is 0 Å². The molecule has 0 unspecified atom stereocenters. The number of hydrogen-bond donors (Lipinski definition) is 1. The Morgan fingerprint density at radius 2 is 1.94 bits per heavy atom. The fourth-order valence-corrected chi connectivity index (χ4v) is 1.95. The van der Waals surface area contributed by atoms with E-state index in [1.807, 2.05) is 5.32 Å². The minimum atomic E-state index is -4.76. The van der Waals surface area contributed by atoms with Gasteiger partial charge in [-0.1, -0.05) is 13.3 Å². The van der Waals surface area contributed by atoms with E-state index in [-0.39, 0.29) is 6.04 Å². The summed E-state index contributed by atoms with van der Waals surface area (Å²) in [7, 11) is 0. The molecule has 17 heavy (non-hydrogen) atoms. The molecule has 0 atom stereocenters. The number of unbranched alkanes of at least 4 members (excludes halogenated alkanes) is 1. The molecule has 1 saturated heterocycles. The van der Waals surface area contributed by atoms with Crippen molar-refractivity contribution in [1.29, 1.82) is 0 Å². The Kier molecular flexibility index (Phi) is 5.24. The van der Waals surface area contributed by atoms with Gasteiger partial charge >= 0.3 is 12.1 Å². The van der Waals surface area contributed by atoms with Crippen molar-refractivity contribution < 1.29 is 18.0 Å². The molecule has 100 valence electrons. The van der Waals surface area contributed by atoms with E-state index in [1.165, 1.54) is 0 Å². The number of hydrogen-bond acceptors (Lipinski definition) is 2. The number of carbonyl (C=O) groups excluding carboxylic acids is 1. The molecule has 1 fully saturated rings. The van der Waals surface area contributed by atoms with Gasteiger partial charge in [-0.25, -0.2) is 0 Å². The summed E-state index contributed by atoms with van der Waals surface area (Å²) >= 11 is 0. The lowest BCUT2D eigenvalue weighted by atomic mass is 10.0. The third-order valence-corrected chi connectivity index (χ3v) is 3.01. The summed E-state index contributed by atoms with van der Waals surface area (Å²) in [5, 5.41) is 2.04. The summed E-state index contributed by atoms with van der Waals surface area (Å²) in [4.78, 5) is 13.0. The molecule has 0 aromatic rings. The van der Waals surface area contributed by atoms with Gasteiger partial charge in [-0.15, -0.1) is 0 Å². The monoisotopic (exact) mass is 252 g/mol. The van der Waals surface area contributed by atoms with E-state index in [9.17, 15) is 18.0 Å². The smallest absolute Gasteiger partial charge is 0.345 e. The van der Waals surface area contributed by atoms with Gasteiger partial charge in [0, 0.05) is 19.1 Å². The van der Waals surface area contributed by atoms with Crippen LogP contribution < -0.4 is 5.32 Å². The first kappa shape index (κ1) is 14.3. The Labute approximate surface area is 99.4 Å². The van der Waals surface area contributed by atoms with Crippen LogP contribution in [-0.2, 0) is 4.79 Å². The van der Waals surface area contributed by atoms with Gasteiger partial charge in [0.05, 0.1) is 0 Å². The van der Waals surface area contributed by atoms with Crippen LogP contribution in [0, 0.1) is 0 Å². The SMILES string of the molecule is CCCCN1CCC(NC(=O)C(F)(F)F)CC1. The van der Waals surface area contributed by atoms with Gasteiger partial charge in [0.2, 0.25) is 0 Å². The second kappa shape index (κ2) is 6.23. The van der Waals surface area contributed by atoms with Gasteiger partial charge in [0.25, 0.3) is 0 Å². The number of nitrogens with zero attached hydrogens (tertiary/aromatic N) is 1. The summed E-state index contributed by atoms with van der Waals surface area (Å²) < 4.78 is 36.1. The molecule has 0 spiro atoms. The molecule has 0 radical (unpaired) electrons. The van der Waals surface area contributed by atoms with Crippen LogP contribution in [0.5, 0.6) is 0 Å². The standard InChI is InChI=1S/C11H19F3N2O/c1-2-3-6-16-7-4-9(5-8-16)15-10(17)11(12,13)14/h9H,2-8H2,1H3,(H,15,17). The maximum absolute atomic E-state index is 12.0. The number of nitrogens with one attached hydrogen (secondary N) is 1. The van der Waals surface area contributed by atoms with Crippen LogP contribution in [-0.4, -0.2) is 42.7 Å². The molecule has 1 rings (SSSR count). The van der Waals surface area contributed by atoms with Crippen molar-refractivity contribution in [3.8, 4) is 0 Å². The molecule has 6 heteroatoms. The Hall–Kier alpha value is -0.780. The zero-order valence-electron chi connectivity index (χ0n) is 10.0. The lowest BCUT2D eigenvalue weighted by Crippen LogP contribution is -2.48. The number of amides is 1. The van der Waals surface area contributed by atoms with Crippen LogP contribution in [0.3, 0.4) is 0 Å². The summed E-state index contributed by atoms with van der Waals surface area (Å²) in [6.07, 6.45) is -1.33. The van der Waals surface area contributed by atoms with E-state index in [2.05, 4.69) is 11.8 Å². The van der Waals surface area contributed by atoms with Gasteiger partial charge in [0.15, 0.2) is 0 Å². The molecule has 3 nitrogen and oxygen atoms in total. The van der Waals surface area contributed by atoms with E-state index in [0.717, 1.165) is 32.5 Å². The van der Waals surface area contributed by atoms with Crippen molar-refractivity contribution in [1.82, 2.24) is 10.2 Å². The number of carbonyl (C=O) groups is 1. The van der Waals surface area contributed by atoms with Gasteiger partial charge < -0.3 is 10.2 Å². The molecular weight excluding hydrogens is 233 g/mol. The molecule has 1 amide bonds. The Morgan fingerprint density at radius 3 is 2.41 bits per heavy atom. The number of likely N-dealkylation sites (tertiary alicyclic amines) is 1. The predicted octanol–water partition coefficient (Wildman–Crippen LogP) is 1.93. The average molecular weight is 252 g/mol. The van der Waals surface area contributed by atoms with Crippen LogP contribution in [0.25, 0.3) is 0 Å². The molecule has 0 aromatic carbocycles. The predicted molar refractivity (Wildman–Crippen MR) is 58.6 cm³/mol. The maximum atomic E-state index is 12.0. The topological polar surface area (TPSA) is 32.3 Å². The number of rotatable bonds is 4. The number of halogens is 3. The summed E-state index contributed by atoms with van der Waals surface area (Å²) in [5.74, 6) is -1.82. The van der Waals surface area contributed by atoms with Gasteiger partial charge in [-0.05, 0) is 25.8 Å². The second-order valence-electron chi connectivity index (χ2n) is 4.44. The van der Waals surface area contributed by atoms with E-state index in [0.29, 0.717) is 12.8 Å². The van der Waals surface area contributed by atoms with Gasteiger partial charge in [-0.3, -0.25) is 4.79 Å². The molecule has 0 aliphatic carbocycles. The van der Waals surface area contributed by atoms with Crippen molar-refractivity contribution in [2.75, 3.05) is 19.6 Å². The van der Waals surface area contributed by atoms with Crippen LogP contribution >= 0.6 is 0 Å². The highest BCUT2D eigenvalue weighted by atomic mass is 19.4. The summed E-state index contributed by atoms with van der Waals surface area (Å²) in [5.41, 5.74) is 0. The lowest BCUT2D eigenvalue weighted by Gasteiger charge is -2.32. The Morgan fingerprint density at radius 1 is 1.35 bits per heavy atom. The van der Waals surface area contributed by atoms with Crippen molar-refractivity contribution in [2.24, 2.45) is 0 Å². The summed E-state index contributed by atoms with van der Waals surface area (Å²) in [6, 6.07) is -0.331. The van der Waals surface area contributed by atoms with Crippen molar-refractivity contribution in [3.63, 3.8) is 0 Å². The fourth-order valence-electron chi connectivity index (χ4n) is 1.95. The average Bonchev–Trinajstić information content (AvgIpc) is 2.27. The maximum Gasteiger partial charge on any atom is 0.471 e. The molecule has 0 bridgehead atoms. The quantitative estimate of drug-likeness (QED) is 0.829. The molecule has 1 aliphatic rings. The third kappa shape index (κ3) is 4.93. The van der Waals surface area contributed by atoms with Gasteiger partial charge in [-0.2, -0.15) is 13.2 Å². The van der Waals surface area contributed by atoms with E-state index < -0.39 is 12.1 Å². The van der Waals surface area contributed by atoms with E-state index in [1.54, 1.807) is 0 Å². The molecule has 0 aromatic heterocycles. The Bertz CT molecular complexity index is 248. The van der Waals surface area contributed by atoms with Crippen molar-refractivity contribution in [2.45, 2.75) is 44.8 Å². The first-order chi connectivity index (χ1) is 7.93. The van der Waals surface area contributed by atoms with Crippen LogP contribution in [0.4, 0.5) is 13.2 Å². The minimum Gasteiger partial charge on any atom is -0.345 e. The molecule has 1 aliphatic heterocycles. The lowest BCUT2D eigenvalue weighted by molar-refractivity contribution is -0.174. The molecule has 0 saturated carbocycles. The Balaban J connectivity index is 2.25. The minimum absolute atomic E-state index is 0.331. The van der Waals surface area contributed by atoms with Crippen LogP contribution in [0.1, 0.15) is 32.6 Å². The zero-order chi connectivity index (χ0) is 12.9. The van der Waals surface area contributed by atoms with Crippen molar-refractivity contribution >= 4 is 5.91 Å².